The molecule has 0 saturated heterocycles. The van der Waals surface area contributed by atoms with E-state index in [9.17, 15) is 4.79 Å². The first-order valence-electron chi connectivity index (χ1n) is 6.37. The molecule has 2 aromatic carbocycles. The summed E-state index contributed by atoms with van der Waals surface area (Å²) in [6, 6.07) is 15.2. The van der Waals surface area contributed by atoms with Crippen molar-refractivity contribution in [2.45, 2.75) is 13.3 Å². The van der Waals surface area contributed by atoms with E-state index in [0.29, 0.717) is 5.56 Å². The Balaban J connectivity index is 1.99. The number of halogens is 1. The minimum absolute atomic E-state index is 0.212. The van der Waals surface area contributed by atoms with Crippen molar-refractivity contribution in [2.75, 3.05) is 0 Å². The summed E-state index contributed by atoms with van der Waals surface area (Å²) in [6.07, 6.45) is 2.57. The molecule has 0 heterocycles. The average Bonchev–Trinajstić information content (AvgIpc) is 2.49. The lowest BCUT2D eigenvalue weighted by atomic mass is 10.1. The molecular formula is C16H15BrN2O. The fourth-order valence-electron chi connectivity index (χ4n) is 1.70. The number of benzene rings is 2. The second-order valence-corrected chi connectivity index (χ2v) is 5.13. The van der Waals surface area contributed by atoms with E-state index in [4.69, 9.17) is 0 Å². The molecule has 2 aromatic rings. The van der Waals surface area contributed by atoms with Crippen LogP contribution in [0, 0.1) is 0 Å². The van der Waals surface area contributed by atoms with Gasteiger partial charge in [0.15, 0.2) is 0 Å². The third-order valence-corrected chi connectivity index (χ3v) is 3.62. The maximum Gasteiger partial charge on any atom is 0.271 e. The van der Waals surface area contributed by atoms with Gasteiger partial charge in [0, 0.05) is 15.6 Å². The highest BCUT2D eigenvalue weighted by atomic mass is 79.9. The first-order valence-corrected chi connectivity index (χ1v) is 7.17. The molecule has 1 N–H and O–H groups in total. The van der Waals surface area contributed by atoms with Gasteiger partial charge >= 0.3 is 0 Å². The summed E-state index contributed by atoms with van der Waals surface area (Å²) in [5.41, 5.74) is 5.24. The van der Waals surface area contributed by atoms with Crippen LogP contribution in [0.2, 0.25) is 0 Å². The number of hydrazone groups is 1. The Morgan fingerprint density at radius 2 is 1.90 bits per heavy atom. The van der Waals surface area contributed by atoms with Crippen LogP contribution >= 0.6 is 15.9 Å². The molecule has 2 rings (SSSR count). The van der Waals surface area contributed by atoms with Gasteiger partial charge in [0.05, 0.1) is 6.21 Å². The SMILES string of the molecule is CCc1ccc(C(=O)N/N=C\c2ccccc2Br)cc1. The van der Waals surface area contributed by atoms with Crippen molar-refractivity contribution < 1.29 is 4.79 Å². The van der Waals surface area contributed by atoms with Crippen molar-refractivity contribution in [3.8, 4) is 0 Å². The lowest BCUT2D eigenvalue weighted by Gasteiger charge is -2.01. The largest absolute Gasteiger partial charge is 0.271 e. The molecule has 0 spiro atoms. The molecule has 102 valence electrons. The van der Waals surface area contributed by atoms with E-state index < -0.39 is 0 Å². The number of rotatable bonds is 4. The molecule has 3 nitrogen and oxygen atoms in total. The lowest BCUT2D eigenvalue weighted by Crippen LogP contribution is -2.17. The van der Waals surface area contributed by atoms with Crippen LogP contribution in [0.15, 0.2) is 58.1 Å². The van der Waals surface area contributed by atoms with E-state index in [1.165, 1.54) is 5.56 Å². The van der Waals surface area contributed by atoms with Gasteiger partial charge in [0.2, 0.25) is 0 Å². The molecule has 0 aliphatic rings. The Morgan fingerprint density at radius 1 is 1.20 bits per heavy atom. The van der Waals surface area contributed by atoms with Crippen molar-refractivity contribution in [1.82, 2.24) is 5.43 Å². The quantitative estimate of drug-likeness (QED) is 0.672. The number of amides is 1. The molecule has 4 heteroatoms. The maximum absolute atomic E-state index is 11.9. The molecule has 0 fully saturated rings. The number of hydrogen-bond donors (Lipinski definition) is 1. The highest BCUT2D eigenvalue weighted by Gasteiger charge is 2.03. The van der Waals surface area contributed by atoms with Gasteiger partial charge in [-0.3, -0.25) is 4.79 Å². The average molecular weight is 331 g/mol. The van der Waals surface area contributed by atoms with Crippen LogP contribution in [0.25, 0.3) is 0 Å². The van der Waals surface area contributed by atoms with Gasteiger partial charge in [-0.1, -0.05) is 53.2 Å². The molecule has 0 unspecified atom stereocenters. The molecule has 0 bridgehead atoms. The predicted molar refractivity (Wildman–Crippen MR) is 85.0 cm³/mol. The summed E-state index contributed by atoms with van der Waals surface area (Å²) in [5.74, 6) is -0.212. The molecule has 0 aliphatic carbocycles. The van der Waals surface area contributed by atoms with Gasteiger partial charge in [-0.2, -0.15) is 5.10 Å². The normalized spacial score (nSPS) is 10.7. The fourth-order valence-corrected chi connectivity index (χ4v) is 2.08. The Hall–Kier alpha value is -1.94. The van der Waals surface area contributed by atoms with Crippen LogP contribution < -0.4 is 5.43 Å². The summed E-state index contributed by atoms with van der Waals surface area (Å²) in [6.45, 7) is 2.08. The molecule has 0 atom stereocenters. The Bertz CT molecular complexity index is 621. The van der Waals surface area contributed by atoms with Crippen LogP contribution in [0.1, 0.15) is 28.4 Å². The highest BCUT2D eigenvalue weighted by molar-refractivity contribution is 9.10. The van der Waals surface area contributed by atoms with E-state index >= 15 is 0 Å². The van der Waals surface area contributed by atoms with Gasteiger partial charge in [0.25, 0.3) is 5.91 Å². The number of carbonyl (C=O) groups excluding carboxylic acids is 1. The van der Waals surface area contributed by atoms with Gasteiger partial charge in [-0.05, 0) is 30.2 Å². The summed E-state index contributed by atoms with van der Waals surface area (Å²) in [7, 11) is 0. The molecule has 0 aliphatic heterocycles. The Morgan fingerprint density at radius 3 is 2.55 bits per heavy atom. The predicted octanol–water partition coefficient (Wildman–Crippen LogP) is 3.78. The van der Waals surface area contributed by atoms with Crippen LogP contribution in [0.3, 0.4) is 0 Å². The Kier molecular flexibility index (Phi) is 5.07. The summed E-state index contributed by atoms with van der Waals surface area (Å²) < 4.78 is 0.935. The number of carbonyl (C=O) groups is 1. The second-order valence-electron chi connectivity index (χ2n) is 4.27. The van der Waals surface area contributed by atoms with Gasteiger partial charge in [-0.15, -0.1) is 0 Å². The zero-order valence-corrected chi connectivity index (χ0v) is 12.7. The van der Waals surface area contributed by atoms with Crippen molar-refractivity contribution in [1.29, 1.82) is 0 Å². The molecule has 0 saturated carbocycles. The third-order valence-electron chi connectivity index (χ3n) is 2.90. The molecule has 0 radical (unpaired) electrons. The Labute approximate surface area is 126 Å². The first kappa shape index (κ1) is 14.5. The standard InChI is InChI=1S/C16H15BrN2O/c1-2-12-7-9-13(10-8-12)16(20)19-18-11-14-5-3-4-6-15(14)17/h3-11H,2H2,1H3,(H,19,20)/b18-11-. The smallest absolute Gasteiger partial charge is 0.267 e. The number of nitrogens with one attached hydrogen (secondary N) is 1. The highest BCUT2D eigenvalue weighted by Crippen LogP contribution is 2.13. The van der Waals surface area contributed by atoms with Crippen LogP contribution in [-0.4, -0.2) is 12.1 Å². The zero-order chi connectivity index (χ0) is 14.4. The van der Waals surface area contributed by atoms with Crippen molar-refractivity contribution in [3.63, 3.8) is 0 Å². The van der Waals surface area contributed by atoms with Gasteiger partial charge < -0.3 is 0 Å². The summed E-state index contributed by atoms with van der Waals surface area (Å²) in [5, 5.41) is 3.97. The topological polar surface area (TPSA) is 41.5 Å². The number of hydrogen-bond acceptors (Lipinski definition) is 2. The van der Waals surface area contributed by atoms with E-state index in [1.807, 2.05) is 48.5 Å². The minimum atomic E-state index is -0.212. The van der Waals surface area contributed by atoms with E-state index in [0.717, 1.165) is 16.5 Å². The molecule has 20 heavy (non-hydrogen) atoms. The first-order chi connectivity index (χ1) is 9.70. The minimum Gasteiger partial charge on any atom is -0.267 e. The lowest BCUT2D eigenvalue weighted by molar-refractivity contribution is 0.0955. The van der Waals surface area contributed by atoms with Gasteiger partial charge in [-0.25, -0.2) is 5.43 Å². The maximum atomic E-state index is 11.9. The molecule has 1 amide bonds. The monoisotopic (exact) mass is 330 g/mol. The number of nitrogens with zero attached hydrogens (tertiary/aromatic N) is 1. The van der Waals surface area contributed by atoms with Crippen LogP contribution in [0.5, 0.6) is 0 Å². The van der Waals surface area contributed by atoms with Crippen molar-refractivity contribution >= 4 is 28.1 Å². The number of aryl methyl sites for hydroxylation is 1. The van der Waals surface area contributed by atoms with Gasteiger partial charge in [0.1, 0.15) is 0 Å². The van der Waals surface area contributed by atoms with Crippen molar-refractivity contribution in [3.05, 3.63) is 69.7 Å². The summed E-state index contributed by atoms with van der Waals surface area (Å²) in [4.78, 5) is 11.9. The summed E-state index contributed by atoms with van der Waals surface area (Å²) >= 11 is 3.42. The van der Waals surface area contributed by atoms with Crippen LogP contribution in [0.4, 0.5) is 0 Å². The fraction of sp³-hybridized carbons (Fsp3) is 0.125. The van der Waals surface area contributed by atoms with E-state index in [1.54, 1.807) is 6.21 Å². The molecular weight excluding hydrogens is 316 g/mol. The van der Waals surface area contributed by atoms with Crippen molar-refractivity contribution in [2.24, 2.45) is 5.10 Å². The zero-order valence-electron chi connectivity index (χ0n) is 11.1. The molecule has 0 aromatic heterocycles. The van der Waals surface area contributed by atoms with E-state index in [2.05, 4.69) is 33.4 Å². The van der Waals surface area contributed by atoms with Crippen LogP contribution in [-0.2, 0) is 6.42 Å². The second kappa shape index (κ2) is 7.01. The third kappa shape index (κ3) is 3.78. The van der Waals surface area contributed by atoms with E-state index in [-0.39, 0.29) is 5.91 Å².